The van der Waals surface area contributed by atoms with E-state index in [0.29, 0.717) is 24.3 Å². The first-order chi connectivity index (χ1) is 9.99. The summed E-state index contributed by atoms with van der Waals surface area (Å²) in [5, 5.41) is 2.62. The molecule has 0 radical (unpaired) electrons. The van der Waals surface area contributed by atoms with Crippen LogP contribution in [0.1, 0.15) is 19.4 Å². The van der Waals surface area contributed by atoms with E-state index in [9.17, 15) is 9.18 Å². The number of hydrogen-bond acceptors (Lipinski definition) is 3. The van der Waals surface area contributed by atoms with Gasteiger partial charge in [0, 0.05) is 19.6 Å². The third-order valence-corrected chi connectivity index (χ3v) is 3.63. The van der Waals surface area contributed by atoms with E-state index in [1.807, 2.05) is 24.8 Å². The van der Waals surface area contributed by atoms with Gasteiger partial charge in [0.05, 0.1) is 17.9 Å². The quantitative estimate of drug-likeness (QED) is 0.867. The summed E-state index contributed by atoms with van der Waals surface area (Å²) in [6.07, 6.45) is 0.159. The van der Waals surface area contributed by atoms with Crippen molar-refractivity contribution in [2.24, 2.45) is 0 Å². The Kier molecular flexibility index (Phi) is 5.42. The minimum absolute atomic E-state index is 0.0795. The Bertz CT molecular complexity index is 502. The highest BCUT2D eigenvalue weighted by Gasteiger charge is 2.24. The SMILES string of the molecule is C[C@@H]1CN(c2ccc(CNC(=O)CCl)cc2F)C[C@@H](C)O1. The summed E-state index contributed by atoms with van der Waals surface area (Å²) in [5.74, 6) is -0.643. The molecule has 0 unspecified atom stereocenters. The molecule has 0 aromatic heterocycles. The number of nitrogens with zero attached hydrogens (tertiary/aromatic N) is 1. The van der Waals surface area contributed by atoms with Crippen molar-refractivity contribution in [3.63, 3.8) is 0 Å². The van der Waals surface area contributed by atoms with Crippen molar-refractivity contribution in [1.82, 2.24) is 5.32 Å². The molecule has 1 aromatic rings. The maximum atomic E-state index is 14.3. The van der Waals surface area contributed by atoms with E-state index in [0.717, 1.165) is 0 Å². The van der Waals surface area contributed by atoms with Gasteiger partial charge in [-0.25, -0.2) is 4.39 Å². The van der Waals surface area contributed by atoms with E-state index < -0.39 is 0 Å². The van der Waals surface area contributed by atoms with Gasteiger partial charge in [0.15, 0.2) is 0 Å². The number of rotatable bonds is 4. The molecule has 2 atom stereocenters. The number of halogens is 2. The summed E-state index contributed by atoms with van der Waals surface area (Å²) in [4.78, 5) is 13.1. The third-order valence-electron chi connectivity index (χ3n) is 3.38. The second-order valence-corrected chi connectivity index (χ2v) is 5.63. The second-order valence-electron chi connectivity index (χ2n) is 5.36. The van der Waals surface area contributed by atoms with Crippen LogP contribution in [0.3, 0.4) is 0 Å². The van der Waals surface area contributed by atoms with Crippen LogP contribution in [0.15, 0.2) is 18.2 Å². The number of morpholine rings is 1. The van der Waals surface area contributed by atoms with Gasteiger partial charge < -0.3 is 15.0 Å². The van der Waals surface area contributed by atoms with E-state index >= 15 is 0 Å². The molecule has 6 heteroatoms. The Hall–Kier alpha value is -1.33. The van der Waals surface area contributed by atoms with Gasteiger partial charge in [-0.15, -0.1) is 11.6 Å². The normalized spacial score (nSPS) is 22.2. The zero-order chi connectivity index (χ0) is 15.4. The number of anilines is 1. The summed E-state index contributed by atoms with van der Waals surface area (Å²) in [7, 11) is 0. The Labute approximate surface area is 129 Å². The van der Waals surface area contributed by atoms with Gasteiger partial charge in [-0.05, 0) is 31.5 Å². The molecule has 1 fully saturated rings. The molecule has 2 rings (SSSR count). The topological polar surface area (TPSA) is 41.6 Å². The molecular weight excluding hydrogens is 295 g/mol. The van der Waals surface area contributed by atoms with Crippen molar-refractivity contribution in [2.75, 3.05) is 23.9 Å². The first kappa shape index (κ1) is 16.0. The van der Waals surface area contributed by atoms with Crippen molar-refractivity contribution in [1.29, 1.82) is 0 Å². The summed E-state index contributed by atoms with van der Waals surface area (Å²) >= 11 is 5.40. The van der Waals surface area contributed by atoms with Crippen LogP contribution in [0, 0.1) is 5.82 Å². The number of nitrogens with one attached hydrogen (secondary N) is 1. The van der Waals surface area contributed by atoms with Gasteiger partial charge in [-0.3, -0.25) is 4.79 Å². The van der Waals surface area contributed by atoms with Gasteiger partial charge in [0.2, 0.25) is 5.91 Å². The first-order valence-electron chi connectivity index (χ1n) is 7.01. The molecule has 0 spiro atoms. The van der Waals surface area contributed by atoms with Crippen LogP contribution in [0.25, 0.3) is 0 Å². The monoisotopic (exact) mass is 314 g/mol. The summed E-state index contributed by atoms with van der Waals surface area (Å²) in [6, 6.07) is 5.02. The van der Waals surface area contributed by atoms with Gasteiger partial charge in [0.25, 0.3) is 0 Å². The number of ether oxygens (including phenoxy) is 1. The largest absolute Gasteiger partial charge is 0.372 e. The molecular formula is C15H20ClFN2O2. The maximum Gasteiger partial charge on any atom is 0.235 e. The highest BCUT2D eigenvalue weighted by atomic mass is 35.5. The smallest absolute Gasteiger partial charge is 0.235 e. The second kappa shape index (κ2) is 7.09. The average Bonchev–Trinajstić information content (AvgIpc) is 2.43. The Morgan fingerprint density at radius 2 is 2.10 bits per heavy atom. The Morgan fingerprint density at radius 3 is 2.67 bits per heavy atom. The number of carbonyl (C=O) groups is 1. The molecule has 1 aliphatic rings. The third kappa shape index (κ3) is 4.32. The number of carbonyl (C=O) groups excluding carboxylic acids is 1. The lowest BCUT2D eigenvalue weighted by Gasteiger charge is -2.37. The van der Waals surface area contributed by atoms with Crippen LogP contribution in [-0.2, 0) is 16.1 Å². The van der Waals surface area contributed by atoms with E-state index in [1.54, 1.807) is 6.07 Å². The molecule has 1 N–H and O–H groups in total. The zero-order valence-corrected chi connectivity index (χ0v) is 13.0. The lowest BCUT2D eigenvalue weighted by atomic mass is 10.1. The molecule has 1 saturated heterocycles. The number of hydrogen-bond donors (Lipinski definition) is 1. The predicted molar refractivity (Wildman–Crippen MR) is 81.2 cm³/mol. The fourth-order valence-corrected chi connectivity index (χ4v) is 2.63. The van der Waals surface area contributed by atoms with Crippen LogP contribution in [-0.4, -0.2) is 37.1 Å². The molecule has 1 aliphatic heterocycles. The number of benzene rings is 1. The lowest BCUT2D eigenvalue weighted by molar-refractivity contribution is -0.118. The van der Waals surface area contributed by atoms with Crippen molar-refractivity contribution < 1.29 is 13.9 Å². The summed E-state index contributed by atoms with van der Waals surface area (Å²) in [5.41, 5.74) is 1.29. The molecule has 0 saturated carbocycles. The van der Waals surface area contributed by atoms with E-state index in [-0.39, 0.29) is 36.4 Å². The summed E-state index contributed by atoms with van der Waals surface area (Å²) in [6.45, 7) is 5.58. The maximum absolute atomic E-state index is 14.3. The Morgan fingerprint density at radius 1 is 1.43 bits per heavy atom. The molecule has 0 bridgehead atoms. The first-order valence-corrected chi connectivity index (χ1v) is 7.54. The van der Waals surface area contributed by atoms with E-state index in [4.69, 9.17) is 16.3 Å². The minimum atomic E-state index is -0.283. The van der Waals surface area contributed by atoms with Crippen molar-refractivity contribution >= 4 is 23.2 Å². The van der Waals surface area contributed by atoms with Crippen molar-refractivity contribution in [2.45, 2.75) is 32.6 Å². The fourth-order valence-electron chi connectivity index (χ4n) is 2.54. The molecule has 21 heavy (non-hydrogen) atoms. The standard InChI is InChI=1S/C15H20ClFN2O2/c1-10-8-19(9-11(2)21-10)14-4-3-12(5-13(14)17)7-18-15(20)6-16/h3-5,10-11H,6-9H2,1-2H3,(H,18,20)/t10-,11-/m1/s1. The van der Waals surface area contributed by atoms with Crippen LogP contribution >= 0.6 is 11.6 Å². The molecule has 1 heterocycles. The predicted octanol–water partition coefficient (Wildman–Crippen LogP) is 2.29. The van der Waals surface area contributed by atoms with Crippen LogP contribution in [0.2, 0.25) is 0 Å². The van der Waals surface area contributed by atoms with Gasteiger partial charge in [-0.1, -0.05) is 6.07 Å². The fraction of sp³-hybridized carbons (Fsp3) is 0.533. The molecule has 0 aliphatic carbocycles. The summed E-state index contributed by atoms with van der Waals surface area (Å²) < 4.78 is 19.9. The van der Waals surface area contributed by atoms with Gasteiger partial charge in [-0.2, -0.15) is 0 Å². The molecule has 1 aromatic carbocycles. The molecule has 116 valence electrons. The van der Waals surface area contributed by atoms with Crippen LogP contribution in [0.5, 0.6) is 0 Å². The zero-order valence-electron chi connectivity index (χ0n) is 12.2. The van der Waals surface area contributed by atoms with Gasteiger partial charge in [0.1, 0.15) is 11.7 Å². The van der Waals surface area contributed by atoms with Crippen LogP contribution in [0.4, 0.5) is 10.1 Å². The van der Waals surface area contributed by atoms with Crippen molar-refractivity contribution in [3.8, 4) is 0 Å². The van der Waals surface area contributed by atoms with Gasteiger partial charge >= 0.3 is 0 Å². The van der Waals surface area contributed by atoms with E-state index in [1.165, 1.54) is 6.07 Å². The van der Waals surface area contributed by atoms with E-state index in [2.05, 4.69) is 5.32 Å². The number of amides is 1. The minimum Gasteiger partial charge on any atom is -0.372 e. The average molecular weight is 315 g/mol. The molecule has 4 nitrogen and oxygen atoms in total. The highest BCUT2D eigenvalue weighted by molar-refractivity contribution is 6.27. The van der Waals surface area contributed by atoms with Crippen molar-refractivity contribution in [3.05, 3.63) is 29.6 Å². The highest BCUT2D eigenvalue weighted by Crippen LogP contribution is 2.24. The molecule has 1 amide bonds. The number of alkyl halides is 1. The Balaban J connectivity index is 2.06. The van der Waals surface area contributed by atoms with Crippen LogP contribution < -0.4 is 10.2 Å². The lowest BCUT2D eigenvalue weighted by Crippen LogP contribution is -2.45.